The van der Waals surface area contributed by atoms with Gasteiger partial charge < -0.3 is 9.72 Å². The molecule has 134 valence electrons. The van der Waals surface area contributed by atoms with Crippen molar-refractivity contribution < 1.29 is 4.74 Å². The number of benzene rings is 3. The zero-order valence-electron chi connectivity index (χ0n) is 14.4. The summed E-state index contributed by atoms with van der Waals surface area (Å²) in [5.41, 5.74) is 6.63. The van der Waals surface area contributed by atoms with Crippen molar-refractivity contribution >= 4 is 34.8 Å². The molecule has 0 saturated carbocycles. The predicted octanol–water partition coefficient (Wildman–Crippen LogP) is 5.24. The van der Waals surface area contributed by atoms with Gasteiger partial charge in [-0.25, -0.2) is 10.4 Å². The number of para-hydroxylation sites is 2. The van der Waals surface area contributed by atoms with Gasteiger partial charge in [-0.3, -0.25) is 0 Å². The second-order valence-electron chi connectivity index (χ2n) is 5.93. The molecule has 4 rings (SSSR count). The molecule has 0 aliphatic heterocycles. The van der Waals surface area contributed by atoms with Crippen LogP contribution in [0.25, 0.3) is 11.0 Å². The van der Waals surface area contributed by atoms with Gasteiger partial charge >= 0.3 is 0 Å². The van der Waals surface area contributed by atoms with E-state index < -0.39 is 0 Å². The monoisotopic (exact) mass is 376 g/mol. The zero-order chi connectivity index (χ0) is 18.5. The molecule has 1 heterocycles. The molecule has 27 heavy (non-hydrogen) atoms. The van der Waals surface area contributed by atoms with Gasteiger partial charge in [-0.2, -0.15) is 5.10 Å². The van der Waals surface area contributed by atoms with Crippen molar-refractivity contribution in [3.63, 3.8) is 0 Å². The third-order valence-electron chi connectivity index (χ3n) is 3.98. The number of fused-ring (bicyclic) bond motifs is 1. The second-order valence-corrected chi connectivity index (χ2v) is 6.33. The molecule has 0 saturated heterocycles. The molecule has 4 aromatic rings. The smallest absolute Gasteiger partial charge is 0.222 e. The summed E-state index contributed by atoms with van der Waals surface area (Å²) in [5.74, 6) is 1.35. The van der Waals surface area contributed by atoms with Crippen LogP contribution in [0.3, 0.4) is 0 Å². The average Bonchev–Trinajstić information content (AvgIpc) is 3.10. The lowest BCUT2D eigenvalue weighted by molar-refractivity contribution is 0.306. The Kier molecular flexibility index (Phi) is 5.03. The largest absolute Gasteiger partial charge is 0.489 e. The number of hydrogen-bond donors (Lipinski definition) is 2. The molecular formula is C21H17ClN4O. The van der Waals surface area contributed by atoms with E-state index >= 15 is 0 Å². The van der Waals surface area contributed by atoms with Gasteiger partial charge in [0.1, 0.15) is 12.4 Å². The van der Waals surface area contributed by atoms with E-state index in [2.05, 4.69) is 20.5 Å². The molecule has 6 heteroatoms. The van der Waals surface area contributed by atoms with Crippen LogP contribution in [0.5, 0.6) is 5.75 Å². The van der Waals surface area contributed by atoms with Crippen molar-refractivity contribution in [1.82, 2.24) is 9.97 Å². The van der Waals surface area contributed by atoms with Crippen LogP contribution in [-0.4, -0.2) is 16.2 Å². The van der Waals surface area contributed by atoms with Crippen LogP contribution in [-0.2, 0) is 6.61 Å². The molecular weight excluding hydrogens is 360 g/mol. The van der Waals surface area contributed by atoms with Crippen LogP contribution in [0, 0.1) is 0 Å². The van der Waals surface area contributed by atoms with Gasteiger partial charge in [0, 0.05) is 10.6 Å². The number of hydrogen-bond acceptors (Lipinski definition) is 4. The highest BCUT2D eigenvalue weighted by molar-refractivity contribution is 6.31. The lowest BCUT2D eigenvalue weighted by Gasteiger charge is -2.08. The van der Waals surface area contributed by atoms with Crippen LogP contribution in [0.15, 0.2) is 77.9 Å². The minimum absolute atomic E-state index is 0.414. The van der Waals surface area contributed by atoms with E-state index in [0.717, 1.165) is 27.9 Å². The Morgan fingerprint density at radius 3 is 2.78 bits per heavy atom. The number of aromatic nitrogens is 2. The minimum atomic E-state index is 0.414. The number of imidazole rings is 1. The number of nitrogens with zero attached hydrogens (tertiary/aromatic N) is 2. The Balaban J connectivity index is 1.39. The van der Waals surface area contributed by atoms with Crippen LogP contribution in [0.2, 0.25) is 5.02 Å². The molecule has 0 unspecified atom stereocenters. The highest BCUT2D eigenvalue weighted by Crippen LogP contribution is 2.19. The van der Waals surface area contributed by atoms with Gasteiger partial charge in [0.05, 0.1) is 17.2 Å². The predicted molar refractivity (Wildman–Crippen MR) is 110 cm³/mol. The first-order valence-electron chi connectivity index (χ1n) is 8.48. The number of ether oxygens (including phenoxy) is 1. The van der Waals surface area contributed by atoms with Gasteiger partial charge in [0.15, 0.2) is 0 Å². The molecule has 0 aliphatic rings. The third kappa shape index (κ3) is 4.27. The van der Waals surface area contributed by atoms with E-state index in [1.165, 1.54) is 0 Å². The number of anilines is 1. The number of halogens is 1. The van der Waals surface area contributed by atoms with E-state index in [0.29, 0.717) is 17.6 Å². The van der Waals surface area contributed by atoms with Crippen molar-refractivity contribution in [2.24, 2.45) is 5.10 Å². The molecule has 2 N–H and O–H groups in total. The lowest BCUT2D eigenvalue weighted by Crippen LogP contribution is -1.97. The number of hydrazone groups is 1. The number of nitrogens with one attached hydrogen (secondary N) is 2. The quantitative estimate of drug-likeness (QED) is 0.357. The number of H-pyrrole nitrogens is 1. The summed E-state index contributed by atoms with van der Waals surface area (Å²) in [5, 5.41) is 4.93. The molecule has 0 fully saturated rings. The summed E-state index contributed by atoms with van der Waals surface area (Å²) in [7, 11) is 0. The summed E-state index contributed by atoms with van der Waals surface area (Å²) in [6.07, 6.45) is 1.72. The maximum absolute atomic E-state index is 6.16. The maximum atomic E-state index is 6.16. The van der Waals surface area contributed by atoms with Gasteiger partial charge in [0.25, 0.3) is 0 Å². The van der Waals surface area contributed by atoms with Gasteiger partial charge in [-0.1, -0.05) is 54.1 Å². The first-order chi connectivity index (χ1) is 13.3. The molecule has 0 aliphatic carbocycles. The van der Waals surface area contributed by atoms with Crippen LogP contribution >= 0.6 is 11.6 Å². The molecule has 0 amide bonds. The highest BCUT2D eigenvalue weighted by atomic mass is 35.5. The summed E-state index contributed by atoms with van der Waals surface area (Å²) >= 11 is 6.16. The normalized spacial score (nSPS) is 11.1. The highest BCUT2D eigenvalue weighted by Gasteiger charge is 2.02. The molecule has 0 atom stereocenters. The first kappa shape index (κ1) is 17.1. The van der Waals surface area contributed by atoms with Gasteiger partial charge in [-0.05, 0) is 35.9 Å². The van der Waals surface area contributed by atoms with Crippen LogP contribution < -0.4 is 10.2 Å². The SMILES string of the molecule is Clc1ccccc1COc1cccc(/C=N\Nc2nc3ccccc3[nH]2)c1. The third-order valence-corrected chi connectivity index (χ3v) is 4.35. The summed E-state index contributed by atoms with van der Waals surface area (Å²) in [6.45, 7) is 0.414. The molecule has 3 aromatic carbocycles. The Morgan fingerprint density at radius 1 is 1.04 bits per heavy atom. The molecule has 1 aromatic heterocycles. The summed E-state index contributed by atoms with van der Waals surface area (Å²) in [4.78, 5) is 7.58. The maximum Gasteiger partial charge on any atom is 0.222 e. The standard InChI is InChI=1S/C21H17ClN4O/c22-18-9-2-1-7-16(18)14-27-17-8-5-6-15(12-17)13-23-26-21-24-19-10-3-4-11-20(19)25-21/h1-13H,14H2,(H2,24,25,26)/b23-13-. The fourth-order valence-corrected chi connectivity index (χ4v) is 2.83. The van der Waals surface area contributed by atoms with E-state index in [1.807, 2.05) is 72.8 Å². The van der Waals surface area contributed by atoms with E-state index in [9.17, 15) is 0 Å². The number of aromatic amines is 1. The van der Waals surface area contributed by atoms with E-state index in [4.69, 9.17) is 16.3 Å². The van der Waals surface area contributed by atoms with Crippen molar-refractivity contribution in [2.75, 3.05) is 5.43 Å². The Bertz CT molecular complexity index is 1060. The average molecular weight is 377 g/mol. The Labute approximate surface area is 161 Å². The first-order valence-corrected chi connectivity index (χ1v) is 8.86. The van der Waals surface area contributed by atoms with Crippen molar-refractivity contribution in [1.29, 1.82) is 0 Å². The molecule has 0 bridgehead atoms. The summed E-state index contributed by atoms with van der Waals surface area (Å²) < 4.78 is 5.83. The fraction of sp³-hybridized carbons (Fsp3) is 0.0476. The van der Waals surface area contributed by atoms with E-state index in [-0.39, 0.29) is 0 Å². The Hall–Kier alpha value is -3.31. The lowest BCUT2D eigenvalue weighted by atomic mass is 10.2. The zero-order valence-corrected chi connectivity index (χ0v) is 15.1. The van der Waals surface area contributed by atoms with E-state index in [1.54, 1.807) is 6.21 Å². The molecule has 5 nitrogen and oxygen atoms in total. The van der Waals surface area contributed by atoms with Crippen LogP contribution in [0.1, 0.15) is 11.1 Å². The Morgan fingerprint density at radius 2 is 1.89 bits per heavy atom. The second kappa shape index (κ2) is 7.93. The topological polar surface area (TPSA) is 62.3 Å². The van der Waals surface area contributed by atoms with Crippen molar-refractivity contribution in [3.05, 3.63) is 88.9 Å². The molecule has 0 radical (unpaired) electrons. The number of rotatable bonds is 6. The van der Waals surface area contributed by atoms with Crippen molar-refractivity contribution in [2.45, 2.75) is 6.61 Å². The van der Waals surface area contributed by atoms with Crippen molar-refractivity contribution in [3.8, 4) is 5.75 Å². The minimum Gasteiger partial charge on any atom is -0.489 e. The van der Waals surface area contributed by atoms with Gasteiger partial charge in [0.2, 0.25) is 5.95 Å². The summed E-state index contributed by atoms with van der Waals surface area (Å²) in [6, 6.07) is 23.2. The molecule has 0 spiro atoms. The fourth-order valence-electron chi connectivity index (χ4n) is 2.63. The van der Waals surface area contributed by atoms with Crippen LogP contribution in [0.4, 0.5) is 5.95 Å². The van der Waals surface area contributed by atoms with Gasteiger partial charge in [-0.15, -0.1) is 0 Å².